The zero-order valence-corrected chi connectivity index (χ0v) is 15.7. The number of aromatic amines is 1. The molecule has 0 aliphatic heterocycles. The first-order chi connectivity index (χ1) is 14.7. The third-order valence-electron chi connectivity index (χ3n) is 4.22. The van der Waals surface area contributed by atoms with E-state index in [1.165, 1.54) is 6.33 Å². The fourth-order valence-electron chi connectivity index (χ4n) is 2.88. The first kappa shape index (κ1) is 18.8. The number of rotatable bonds is 6. The first-order valence-electron chi connectivity index (χ1n) is 9.03. The molecule has 0 aliphatic rings. The van der Waals surface area contributed by atoms with Gasteiger partial charge in [0.15, 0.2) is 0 Å². The molecule has 0 atom stereocenters. The molecular weight excluding hydrogens is 380 g/mol. The summed E-state index contributed by atoms with van der Waals surface area (Å²) in [6.07, 6.45) is 4.76. The molecule has 0 saturated carbocycles. The van der Waals surface area contributed by atoms with Crippen LogP contribution in [0.2, 0.25) is 0 Å². The molecule has 0 bridgehead atoms. The van der Waals surface area contributed by atoms with Gasteiger partial charge in [-0.15, -0.1) is 0 Å². The molecule has 0 aliphatic carbocycles. The van der Waals surface area contributed by atoms with Crippen LogP contribution in [0.25, 0.3) is 11.3 Å². The van der Waals surface area contributed by atoms with E-state index in [9.17, 15) is 10.1 Å². The average molecular weight is 396 g/mol. The summed E-state index contributed by atoms with van der Waals surface area (Å²) in [6, 6.07) is 18.7. The van der Waals surface area contributed by atoms with E-state index >= 15 is 0 Å². The topological polar surface area (TPSA) is 125 Å². The molecule has 9 heteroatoms. The van der Waals surface area contributed by atoms with Gasteiger partial charge in [-0.3, -0.25) is 9.78 Å². The van der Waals surface area contributed by atoms with Crippen LogP contribution in [0.15, 0.2) is 77.1 Å². The van der Waals surface area contributed by atoms with Crippen molar-refractivity contribution < 1.29 is 0 Å². The van der Waals surface area contributed by atoms with Crippen LogP contribution in [-0.4, -0.2) is 30.9 Å². The number of hydrogen-bond donors (Lipinski definition) is 2. The third-order valence-corrected chi connectivity index (χ3v) is 4.22. The lowest BCUT2D eigenvalue weighted by molar-refractivity contribution is 0.685. The van der Waals surface area contributed by atoms with Crippen LogP contribution < -0.4 is 11.0 Å². The molecule has 146 valence electrons. The van der Waals surface area contributed by atoms with Crippen molar-refractivity contribution in [3.63, 3.8) is 0 Å². The minimum atomic E-state index is -0.529. The lowest BCUT2D eigenvalue weighted by Gasteiger charge is -2.06. The molecule has 0 unspecified atom stereocenters. The van der Waals surface area contributed by atoms with Crippen molar-refractivity contribution in [1.29, 1.82) is 5.26 Å². The standard InChI is InChI=1S/C21H16N8O/c22-10-18-19(17-7-2-1-3-8-17)26-21(27-20(18)30)28-24-11-15-5-4-6-16(9-15)12-29-14-23-13-25-29/h1-9,11,13-14H,12H2,(H2,26,27,28,30). The van der Waals surface area contributed by atoms with Crippen LogP contribution in [0.5, 0.6) is 0 Å². The molecule has 30 heavy (non-hydrogen) atoms. The van der Waals surface area contributed by atoms with Gasteiger partial charge in [0.25, 0.3) is 5.56 Å². The van der Waals surface area contributed by atoms with Crippen LogP contribution >= 0.6 is 0 Å². The summed E-state index contributed by atoms with van der Waals surface area (Å²) < 4.78 is 1.73. The minimum Gasteiger partial charge on any atom is -0.290 e. The molecular formula is C21H16N8O. The van der Waals surface area contributed by atoms with Crippen LogP contribution in [0.4, 0.5) is 5.95 Å². The second-order valence-electron chi connectivity index (χ2n) is 6.32. The van der Waals surface area contributed by atoms with Gasteiger partial charge >= 0.3 is 0 Å². The Balaban J connectivity index is 1.54. The predicted molar refractivity (Wildman–Crippen MR) is 112 cm³/mol. The summed E-state index contributed by atoms with van der Waals surface area (Å²) in [5.74, 6) is 0.146. The molecule has 2 heterocycles. The van der Waals surface area contributed by atoms with Gasteiger partial charge in [0.2, 0.25) is 5.95 Å². The highest BCUT2D eigenvalue weighted by atomic mass is 16.1. The molecule has 2 N–H and O–H groups in total. The number of benzene rings is 2. The van der Waals surface area contributed by atoms with E-state index in [0.717, 1.165) is 11.1 Å². The highest BCUT2D eigenvalue weighted by molar-refractivity contribution is 5.80. The van der Waals surface area contributed by atoms with Crippen molar-refractivity contribution in [2.45, 2.75) is 6.54 Å². The van der Waals surface area contributed by atoms with Crippen molar-refractivity contribution >= 4 is 12.2 Å². The van der Waals surface area contributed by atoms with Gasteiger partial charge in [-0.25, -0.2) is 20.1 Å². The molecule has 4 rings (SSSR count). The molecule has 2 aromatic carbocycles. The maximum atomic E-state index is 12.3. The Morgan fingerprint density at radius 2 is 2.07 bits per heavy atom. The lowest BCUT2D eigenvalue weighted by Crippen LogP contribution is -2.16. The van der Waals surface area contributed by atoms with Gasteiger partial charge < -0.3 is 0 Å². The second-order valence-corrected chi connectivity index (χ2v) is 6.32. The molecule has 2 aromatic heterocycles. The Hall–Kier alpha value is -4.58. The number of hydrogen-bond acceptors (Lipinski definition) is 7. The molecule has 0 radical (unpaired) electrons. The maximum Gasteiger partial charge on any atom is 0.270 e. The fraction of sp³-hybridized carbons (Fsp3) is 0.0476. The maximum absolute atomic E-state index is 12.3. The number of H-pyrrole nitrogens is 1. The van der Waals surface area contributed by atoms with Gasteiger partial charge in [0.05, 0.1) is 18.5 Å². The molecule has 0 spiro atoms. The minimum absolute atomic E-state index is 0.0449. The van der Waals surface area contributed by atoms with Crippen molar-refractivity contribution in [3.05, 3.63) is 94.3 Å². The number of nitrogens with zero attached hydrogens (tertiary/aromatic N) is 6. The van der Waals surface area contributed by atoms with Crippen LogP contribution in [-0.2, 0) is 6.54 Å². The van der Waals surface area contributed by atoms with Gasteiger partial charge in [0, 0.05) is 5.56 Å². The highest BCUT2D eigenvalue weighted by Gasteiger charge is 2.12. The Kier molecular flexibility index (Phi) is 5.39. The van der Waals surface area contributed by atoms with Crippen LogP contribution in [0.1, 0.15) is 16.7 Å². The largest absolute Gasteiger partial charge is 0.290 e. The predicted octanol–water partition coefficient (Wildman–Crippen LogP) is 2.39. The summed E-state index contributed by atoms with van der Waals surface area (Å²) in [5.41, 5.74) is 5.03. The van der Waals surface area contributed by atoms with E-state index in [-0.39, 0.29) is 11.5 Å². The van der Waals surface area contributed by atoms with E-state index in [1.54, 1.807) is 29.4 Å². The third kappa shape index (κ3) is 4.28. The Bertz CT molecular complexity index is 1270. The second kappa shape index (κ2) is 8.62. The smallest absolute Gasteiger partial charge is 0.270 e. The van der Waals surface area contributed by atoms with E-state index < -0.39 is 5.56 Å². The fourth-order valence-corrected chi connectivity index (χ4v) is 2.88. The molecule has 0 saturated heterocycles. The lowest BCUT2D eigenvalue weighted by atomic mass is 10.1. The van der Waals surface area contributed by atoms with Crippen molar-refractivity contribution in [1.82, 2.24) is 24.7 Å². The number of nitrogens with one attached hydrogen (secondary N) is 2. The number of anilines is 1. The summed E-state index contributed by atoms with van der Waals surface area (Å²) in [4.78, 5) is 23.1. The Morgan fingerprint density at radius 1 is 1.20 bits per heavy atom. The summed E-state index contributed by atoms with van der Waals surface area (Å²) in [7, 11) is 0. The van der Waals surface area contributed by atoms with E-state index in [2.05, 4.69) is 30.6 Å². The zero-order chi connectivity index (χ0) is 20.8. The Morgan fingerprint density at radius 3 is 2.83 bits per heavy atom. The SMILES string of the molecule is N#Cc1c(-c2ccccc2)nc(NN=Cc2cccc(Cn3cncn3)c2)[nH]c1=O. The highest BCUT2D eigenvalue weighted by Crippen LogP contribution is 2.19. The summed E-state index contributed by atoms with van der Waals surface area (Å²) >= 11 is 0. The summed E-state index contributed by atoms with van der Waals surface area (Å²) in [5, 5.41) is 17.6. The van der Waals surface area contributed by atoms with Gasteiger partial charge in [-0.05, 0) is 17.2 Å². The van der Waals surface area contributed by atoms with E-state index in [4.69, 9.17) is 0 Å². The van der Waals surface area contributed by atoms with Gasteiger partial charge in [-0.2, -0.15) is 15.5 Å². The summed E-state index contributed by atoms with van der Waals surface area (Å²) in [6.45, 7) is 0.597. The van der Waals surface area contributed by atoms with E-state index in [0.29, 0.717) is 17.8 Å². The van der Waals surface area contributed by atoms with Crippen LogP contribution in [0, 0.1) is 11.3 Å². The average Bonchev–Trinajstić information content (AvgIpc) is 3.27. The van der Waals surface area contributed by atoms with Gasteiger partial charge in [0.1, 0.15) is 24.3 Å². The quantitative estimate of drug-likeness (QED) is 0.381. The first-order valence-corrected chi connectivity index (χ1v) is 9.03. The van der Waals surface area contributed by atoms with Crippen molar-refractivity contribution in [3.8, 4) is 17.3 Å². The number of hydrazone groups is 1. The van der Waals surface area contributed by atoms with Crippen molar-refractivity contribution in [2.24, 2.45) is 5.10 Å². The number of nitriles is 1. The van der Waals surface area contributed by atoms with Crippen molar-refractivity contribution in [2.75, 3.05) is 5.43 Å². The van der Waals surface area contributed by atoms with Crippen LogP contribution in [0.3, 0.4) is 0 Å². The molecule has 4 aromatic rings. The molecule has 0 amide bonds. The Labute approximate surface area is 171 Å². The molecule has 9 nitrogen and oxygen atoms in total. The zero-order valence-electron chi connectivity index (χ0n) is 15.7. The number of aromatic nitrogens is 5. The molecule has 0 fully saturated rings. The van der Waals surface area contributed by atoms with E-state index in [1.807, 2.05) is 48.5 Å². The normalized spacial score (nSPS) is 10.8. The monoisotopic (exact) mass is 396 g/mol. The van der Waals surface area contributed by atoms with Gasteiger partial charge in [-0.1, -0.05) is 48.5 Å².